The first kappa shape index (κ1) is 17.1. The number of benzene rings is 2. The molecule has 1 aromatic heterocycles. The second-order valence-electron chi connectivity index (χ2n) is 6.72. The van der Waals surface area contributed by atoms with Gasteiger partial charge < -0.3 is 15.2 Å². The topological polar surface area (TPSA) is 61.0 Å². The summed E-state index contributed by atoms with van der Waals surface area (Å²) < 4.78 is 0. The van der Waals surface area contributed by atoms with Gasteiger partial charge in [0.25, 0.3) is 0 Å². The third-order valence-corrected chi connectivity index (χ3v) is 5.00. The molecule has 2 heterocycles. The molecule has 1 atom stereocenters. The van der Waals surface area contributed by atoms with E-state index in [2.05, 4.69) is 27.4 Å². The molecular formula is C20H21ClN4O. The smallest absolute Gasteiger partial charge is 0.222 e. The molecule has 6 heteroatoms. The van der Waals surface area contributed by atoms with Crippen LogP contribution in [0.4, 0.5) is 0 Å². The SMILES string of the molecule is O=C1CC[C@H](NCc2nc3ccc(Cl)cc3[nH]2)CN1Cc1ccccc1. The summed E-state index contributed by atoms with van der Waals surface area (Å²) in [5.74, 6) is 1.11. The lowest BCUT2D eigenvalue weighted by molar-refractivity contribution is -0.134. The number of aromatic nitrogens is 2. The number of hydrogen-bond acceptors (Lipinski definition) is 3. The summed E-state index contributed by atoms with van der Waals surface area (Å²) in [6, 6.07) is 16.0. The van der Waals surface area contributed by atoms with Gasteiger partial charge in [0, 0.05) is 30.6 Å². The van der Waals surface area contributed by atoms with E-state index in [1.165, 1.54) is 0 Å². The number of carbonyl (C=O) groups is 1. The predicted molar refractivity (Wildman–Crippen MR) is 103 cm³/mol. The highest BCUT2D eigenvalue weighted by atomic mass is 35.5. The molecule has 0 saturated carbocycles. The van der Waals surface area contributed by atoms with Crippen LogP contribution >= 0.6 is 11.6 Å². The van der Waals surface area contributed by atoms with Crippen molar-refractivity contribution < 1.29 is 4.79 Å². The summed E-state index contributed by atoms with van der Waals surface area (Å²) in [6.45, 7) is 2.03. The maximum atomic E-state index is 12.2. The third-order valence-electron chi connectivity index (χ3n) is 4.77. The van der Waals surface area contributed by atoms with Crippen LogP contribution in [0.25, 0.3) is 11.0 Å². The summed E-state index contributed by atoms with van der Waals surface area (Å²) in [6.07, 6.45) is 1.44. The molecule has 1 fully saturated rings. The summed E-state index contributed by atoms with van der Waals surface area (Å²) in [5, 5.41) is 4.23. The third kappa shape index (κ3) is 3.89. The van der Waals surface area contributed by atoms with E-state index in [9.17, 15) is 4.79 Å². The molecule has 1 aliphatic rings. The van der Waals surface area contributed by atoms with Crippen molar-refractivity contribution in [1.82, 2.24) is 20.2 Å². The molecule has 0 radical (unpaired) electrons. The minimum atomic E-state index is 0.227. The van der Waals surface area contributed by atoms with Crippen LogP contribution in [0.5, 0.6) is 0 Å². The monoisotopic (exact) mass is 368 g/mol. The Kier molecular flexibility index (Phi) is 4.91. The number of piperidine rings is 1. The van der Waals surface area contributed by atoms with Gasteiger partial charge in [0.15, 0.2) is 0 Å². The fourth-order valence-electron chi connectivity index (χ4n) is 3.40. The van der Waals surface area contributed by atoms with Crippen LogP contribution in [0.3, 0.4) is 0 Å². The van der Waals surface area contributed by atoms with Crippen LogP contribution in [-0.2, 0) is 17.9 Å². The number of hydrogen-bond donors (Lipinski definition) is 2. The molecule has 26 heavy (non-hydrogen) atoms. The lowest BCUT2D eigenvalue weighted by Crippen LogP contribution is -2.47. The average molecular weight is 369 g/mol. The predicted octanol–water partition coefficient (Wildman–Crippen LogP) is 3.50. The van der Waals surface area contributed by atoms with Gasteiger partial charge in [-0.25, -0.2) is 4.98 Å². The summed E-state index contributed by atoms with van der Waals surface area (Å²) in [5.41, 5.74) is 3.02. The van der Waals surface area contributed by atoms with Gasteiger partial charge in [0.05, 0.1) is 17.6 Å². The Morgan fingerprint density at radius 3 is 2.92 bits per heavy atom. The quantitative estimate of drug-likeness (QED) is 0.724. The van der Waals surface area contributed by atoms with E-state index in [0.717, 1.165) is 35.4 Å². The van der Waals surface area contributed by atoms with Gasteiger partial charge in [0.1, 0.15) is 5.82 Å². The Bertz CT molecular complexity index is 909. The Hall–Kier alpha value is -2.37. The Morgan fingerprint density at radius 1 is 1.23 bits per heavy atom. The summed E-state index contributed by atoms with van der Waals surface area (Å²) in [7, 11) is 0. The van der Waals surface area contributed by atoms with Gasteiger partial charge in [-0.2, -0.15) is 0 Å². The molecule has 5 nitrogen and oxygen atoms in total. The Balaban J connectivity index is 1.37. The van der Waals surface area contributed by atoms with Gasteiger partial charge in [-0.1, -0.05) is 41.9 Å². The lowest BCUT2D eigenvalue weighted by atomic mass is 10.0. The number of halogens is 1. The number of imidazole rings is 1. The van der Waals surface area contributed by atoms with Crippen molar-refractivity contribution >= 4 is 28.5 Å². The molecule has 0 unspecified atom stereocenters. The molecule has 3 aromatic rings. The Morgan fingerprint density at radius 2 is 2.08 bits per heavy atom. The highest BCUT2D eigenvalue weighted by Gasteiger charge is 2.25. The highest BCUT2D eigenvalue weighted by Crippen LogP contribution is 2.18. The van der Waals surface area contributed by atoms with Crippen LogP contribution in [0.1, 0.15) is 24.2 Å². The van der Waals surface area contributed by atoms with Crippen molar-refractivity contribution in [2.24, 2.45) is 0 Å². The van der Waals surface area contributed by atoms with Crippen molar-refractivity contribution in [3.05, 3.63) is 64.9 Å². The van der Waals surface area contributed by atoms with Crippen molar-refractivity contribution in [2.75, 3.05) is 6.54 Å². The first-order valence-electron chi connectivity index (χ1n) is 8.86. The molecule has 1 aliphatic heterocycles. The first-order chi connectivity index (χ1) is 12.7. The normalized spacial score (nSPS) is 17.8. The fourth-order valence-corrected chi connectivity index (χ4v) is 3.57. The van der Waals surface area contributed by atoms with Crippen LogP contribution in [0.2, 0.25) is 5.02 Å². The number of aromatic amines is 1. The van der Waals surface area contributed by atoms with Crippen molar-refractivity contribution in [3.8, 4) is 0 Å². The van der Waals surface area contributed by atoms with E-state index in [0.29, 0.717) is 24.5 Å². The molecule has 1 amide bonds. The zero-order valence-electron chi connectivity index (χ0n) is 14.4. The molecule has 0 spiro atoms. The van der Waals surface area contributed by atoms with Gasteiger partial charge in [-0.3, -0.25) is 4.79 Å². The maximum absolute atomic E-state index is 12.2. The molecule has 2 N–H and O–H groups in total. The zero-order valence-corrected chi connectivity index (χ0v) is 15.2. The molecule has 4 rings (SSSR count). The van der Waals surface area contributed by atoms with Gasteiger partial charge in [0.2, 0.25) is 5.91 Å². The largest absolute Gasteiger partial charge is 0.341 e. The number of amides is 1. The number of rotatable bonds is 5. The maximum Gasteiger partial charge on any atom is 0.222 e. The Labute approximate surface area is 157 Å². The van der Waals surface area contributed by atoms with E-state index in [4.69, 9.17) is 11.6 Å². The van der Waals surface area contributed by atoms with Crippen molar-refractivity contribution in [3.63, 3.8) is 0 Å². The highest BCUT2D eigenvalue weighted by molar-refractivity contribution is 6.31. The number of nitrogens with zero attached hydrogens (tertiary/aromatic N) is 2. The van der Waals surface area contributed by atoms with E-state index >= 15 is 0 Å². The minimum absolute atomic E-state index is 0.227. The van der Waals surface area contributed by atoms with E-state index in [1.54, 1.807) is 0 Å². The van der Waals surface area contributed by atoms with Crippen LogP contribution in [0, 0.1) is 0 Å². The van der Waals surface area contributed by atoms with Gasteiger partial charge >= 0.3 is 0 Å². The number of nitrogens with one attached hydrogen (secondary N) is 2. The summed E-state index contributed by atoms with van der Waals surface area (Å²) in [4.78, 5) is 22.1. The second kappa shape index (κ2) is 7.48. The molecule has 1 saturated heterocycles. The molecular weight excluding hydrogens is 348 g/mol. The molecule has 0 aliphatic carbocycles. The van der Waals surface area contributed by atoms with Crippen molar-refractivity contribution in [1.29, 1.82) is 0 Å². The molecule has 134 valence electrons. The standard InChI is InChI=1S/C20H21ClN4O/c21-15-6-8-17-18(10-15)24-19(23-17)11-22-16-7-9-20(26)25(13-16)12-14-4-2-1-3-5-14/h1-6,8,10,16,22H,7,9,11-13H2,(H,23,24)/t16-/m0/s1. The number of fused-ring (bicyclic) bond motifs is 1. The van der Waals surface area contributed by atoms with Gasteiger partial charge in [-0.05, 0) is 30.2 Å². The fraction of sp³-hybridized carbons (Fsp3) is 0.300. The minimum Gasteiger partial charge on any atom is -0.341 e. The second-order valence-corrected chi connectivity index (χ2v) is 7.16. The number of H-pyrrole nitrogens is 1. The van der Waals surface area contributed by atoms with Crippen molar-refractivity contribution in [2.45, 2.75) is 32.0 Å². The first-order valence-corrected chi connectivity index (χ1v) is 9.24. The van der Waals surface area contributed by atoms with Crippen LogP contribution < -0.4 is 5.32 Å². The molecule has 2 aromatic carbocycles. The zero-order chi connectivity index (χ0) is 17.9. The number of carbonyl (C=O) groups excluding carboxylic acids is 1. The van der Waals surface area contributed by atoms with E-state index in [1.807, 2.05) is 41.3 Å². The average Bonchev–Trinajstić information content (AvgIpc) is 3.05. The number of likely N-dealkylation sites (tertiary alicyclic amines) is 1. The molecule has 0 bridgehead atoms. The van der Waals surface area contributed by atoms with Crippen LogP contribution in [0.15, 0.2) is 48.5 Å². The van der Waals surface area contributed by atoms with E-state index < -0.39 is 0 Å². The lowest BCUT2D eigenvalue weighted by Gasteiger charge is -2.33. The summed E-state index contributed by atoms with van der Waals surface area (Å²) >= 11 is 6.02. The van der Waals surface area contributed by atoms with Crippen LogP contribution in [-0.4, -0.2) is 33.4 Å². The van der Waals surface area contributed by atoms with Gasteiger partial charge in [-0.15, -0.1) is 0 Å². The van der Waals surface area contributed by atoms with E-state index in [-0.39, 0.29) is 11.9 Å².